The average Bonchev–Trinajstić information content (AvgIpc) is 3.85. The number of nitrogens with one attached hydrogen (secondary N) is 4. The number of hydrogen-bond acceptors (Lipinski definition) is 10. The van der Waals surface area contributed by atoms with Crippen LogP contribution in [0.3, 0.4) is 0 Å². The van der Waals surface area contributed by atoms with E-state index in [1.165, 1.54) is 0 Å². The lowest BCUT2D eigenvalue weighted by Gasteiger charge is -2.42. The zero-order chi connectivity index (χ0) is 37.0. The molecule has 1 aromatic rings. The number of esters is 1. The molecule has 1 saturated carbocycles. The third kappa shape index (κ3) is 7.32. The molecule has 282 valence electrons. The second-order valence-electron chi connectivity index (χ2n) is 15.8. The summed E-state index contributed by atoms with van der Waals surface area (Å²) in [4.78, 5) is 43.9. The van der Waals surface area contributed by atoms with Gasteiger partial charge in [0.1, 0.15) is 5.82 Å². The van der Waals surface area contributed by atoms with Crippen LogP contribution in [0.15, 0.2) is 65.0 Å². The minimum atomic E-state index is -2.09. The minimum Gasteiger partial charge on any atom is -0.463 e. The summed E-state index contributed by atoms with van der Waals surface area (Å²) in [6, 6.07) is 5.51. The number of carbonyl (C=O) groups is 3. The fraction of sp³-hybridized carbons (Fsp3) is 0.595. The molecule has 1 saturated heterocycles. The number of carbonyl (C=O) groups excluding carboxylic acids is 3. The normalized spacial score (nSPS) is 29.6. The van der Waals surface area contributed by atoms with Gasteiger partial charge in [-0.3, -0.25) is 9.59 Å². The summed E-state index contributed by atoms with van der Waals surface area (Å²) in [5, 5.41) is 24.0. The SMILES string of the molecule is CCNC1CC2C=CCCC2CC1COC(=O)C12OC1(CC(CO)=C(C)CCC1=CCNC(NCNC)=C1)C(=O)c1cccc(CC(C)C)c1C2=O. The van der Waals surface area contributed by atoms with Gasteiger partial charge in [0, 0.05) is 36.1 Å². The zero-order valence-corrected chi connectivity index (χ0v) is 31.6. The van der Waals surface area contributed by atoms with Gasteiger partial charge in [-0.25, -0.2) is 4.79 Å². The molecule has 1 aromatic carbocycles. The molecule has 2 fully saturated rings. The average molecular weight is 715 g/mol. The predicted molar refractivity (Wildman–Crippen MR) is 202 cm³/mol. The van der Waals surface area contributed by atoms with Crippen LogP contribution in [0.2, 0.25) is 0 Å². The first kappa shape index (κ1) is 38.2. The van der Waals surface area contributed by atoms with Gasteiger partial charge in [0.15, 0.2) is 11.4 Å². The van der Waals surface area contributed by atoms with Gasteiger partial charge < -0.3 is 35.8 Å². The van der Waals surface area contributed by atoms with E-state index in [9.17, 15) is 19.5 Å². The fourth-order valence-corrected chi connectivity index (χ4v) is 9.02. The van der Waals surface area contributed by atoms with Crippen LogP contribution in [0.25, 0.3) is 0 Å². The van der Waals surface area contributed by atoms with E-state index >= 15 is 0 Å². The molecule has 2 heterocycles. The van der Waals surface area contributed by atoms with E-state index in [-0.39, 0.29) is 48.6 Å². The van der Waals surface area contributed by atoms with Gasteiger partial charge in [0.25, 0.3) is 5.60 Å². The predicted octanol–water partition coefficient (Wildman–Crippen LogP) is 4.90. The van der Waals surface area contributed by atoms with Crippen molar-refractivity contribution in [2.75, 3.05) is 40.0 Å². The number of ether oxygens (including phenoxy) is 2. The first-order chi connectivity index (χ1) is 25.1. The van der Waals surface area contributed by atoms with E-state index in [1.54, 1.807) is 12.1 Å². The molecule has 6 rings (SSSR count). The van der Waals surface area contributed by atoms with E-state index < -0.39 is 28.7 Å². The molecule has 0 bridgehead atoms. The van der Waals surface area contributed by atoms with Crippen LogP contribution in [-0.4, -0.2) is 79.9 Å². The van der Waals surface area contributed by atoms with E-state index in [1.807, 2.05) is 20.0 Å². The molecule has 52 heavy (non-hydrogen) atoms. The van der Waals surface area contributed by atoms with Gasteiger partial charge in [-0.2, -0.15) is 0 Å². The maximum Gasteiger partial charge on any atom is 0.350 e. The summed E-state index contributed by atoms with van der Waals surface area (Å²) < 4.78 is 12.5. The minimum absolute atomic E-state index is 0.0617. The Morgan fingerprint density at radius 3 is 2.77 bits per heavy atom. The molecule has 6 unspecified atom stereocenters. The number of hydrogen-bond donors (Lipinski definition) is 5. The van der Waals surface area contributed by atoms with Crippen molar-refractivity contribution >= 4 is 17.5 Å². The van der Waals surface area contributed by atoms with Crippen molar-refractivity contribution in [2.45, 2.75) is 96.3 Å². The van der Waals surface area contributed by atoms with Gasteiger partial charge in [-0.05, 0) is 106 Å². The quantitative estimate of drug-likeness (QED) is 0.0528. The number of Topliss-reactive ketones (excluding diaryl/α,β-unsaturated/α-hetero) is 2. The Hall–Kier alpha value is -3.57. The van der Waals surface area contributed by atoms with Gasteiger partial charge in [-0.15, -0.1) is 0 Å². The number of fused-ring (bicyclic) bond motifs is 3. The van der Waals surface area contributed by atoms with Gasteiger partial charge in [-0.1, -0.05) is 62.8 Å². The molecule has 0 aromatic heterocycles. The van der Waals surface area contributed by atoms with Crippen molar-refractivity contribution in [1.82, 2.24) is 21.3 Å². The highest BCUT2D eigenvalue weighted by Gasteiger charge is 2.85. The van der Waals surface area contributed by atoms with Crippen LogP contribution in [0.5, 0.6) is 0 Å². The number of epoxide rings is 1. The molecule has 3 aliphatic carbocycles. The summed E-state index contributed by atoms with van der Waals surface area (Å²) in [6.07, 6.45) is 14.8. The monoisotopic (exact) mass is 714 g/mol. The highest BCUT2D eigenvalue weighted by molar-refractivity contribution is 6.33. The van der Waals surface area contributed by atoms with Crippen molar-refractivity contribution in [3.8, 4) is 0 Å². The highest BCUT2D eigenvalue weighted by Crippen LogP contribution is 2.60. The molecule has 0 radical (unpaired) electrons. The van der Waals surface area contributed by atoms with E-state index in [2.05, 4.69) is 66.3 Å². The number of rotatable bonds is 16. The zero-order valence-electron chi connectivity index (χ0n) is 31.6. The fourth-order valence-electron chi connectivity index (χ4n) is 9.02. The van der Waals surface area contributed by atoms with E-state index in [0.29, 0.717) is 43.5 Å². The summed E-state index contributed by atoms with van der Waals surface area (Å²) in [6.45, 7) is 10.1. The number of aliphatic hydroxyl groups excluding tert-OH is 1. The molecular formula is C42H58N4O6. The number of aliphatic hydroxyl groups is 1. The Labute approximate surface area is 308 Å². The largest absolute Gasteiger partial charge is 0.463 e. The van der Waals surface area contributed by atoms with Crippen LogP contribution in [-0.2, 0) is 20.7 Å². The number of dihydropyridines is 1. The highest BCUT2D eigenvalue weighted by atomic mass is 16.7. The number of allylic oxidation sites excluding steroid dienone is 5. The molecule has 5 N–H and O–H groups in total. The van der Waals surface area contributed by atoms with Gasteiger partial charge in [0.05, 0.1) is 19.9 Å². The molecule has 5 aliphatic rings. The van der Waals surface area contributed by atoms with Crippen molar-refractivity contribution in [3.63, 3.8) is 0 Å². The summed E-state index contributed by atoms with van der Waals surface area (Å²) in [5.74, 6) is 0.605. The van der Waals surface area contributed by atoms with Crippen LogP contribution < -0.4 is 21.3 Å². The molecule has 0 amide bonds. The third-order valence-corrected chi connectivity index (χ3v) is 11.9. The van der Waals surface area contributed by atoms with Crippen LogP contribution >= 0.6 is 0 Å². The third-order valence-electron chi connectivity index (χ3n) is 11.9. The van der Waals surface area contributed by atoms with E-state index in [4.69, 9.17) is 9.47 Å². The lowest BCUT2D eigenvalue weighted by Crippen LogP contribution is -2.52. The smallest absolute Gasteiger partial charge is 0.350 e. The summed E-state index contributed by atoms with van der Waals surface area (Å²) in [7, 11) is 1.88. The Bertz CT molecular complexity index is 1660. The van der Waals surface area contributed by atoms with Crippen molar-refractivity contribution < 1.29 is 29.0 Å². The second kappa shape index (κ2) is 16.2. The number of benzene rings is 1. The lowest BCUT2D eigenvalue weighted by atomic mass is 9.68. The number of ketones is 2. The Kier molecular flexibility index (Phi) is 11.9. The standard InChI is InChI=1S/C42H58N4O6/c1-6-44-35-21-30-11-8-7-10-29(30)20-32(35)24-51-40(50)42-39(49)37-31(18-26(2)3)12-9-13-34(37)38(48)41(42,52-42)22-33(23-47)27(4)14-15-28-16-17-45-36(19-28)46-25-43-5/h8-9,11-13,16,19,26,29-30,32,35,43-47H,6-7,10,14-15,17-18,20-25H2,1-5H3. The van der Waals surface area contributed by atoms with Gasteiger partial charge in [0.2, 0.25) is 5.78 Å². The second-order valence-corrected chi connectivity index (χ2v) is 15.8. The Morgan fingerprint density at radius 2 is 2.02 bits per heavy atom. The molecule has 10 heteroatoms. The molecule has 10 nitrogen and oxygen atoms in total. The first-order valence-electron chi connectivity index (χ1n) is 19.4. The van der Waals surface area contributed by atoms with Crippen LogP contribution in [0, 0.1) is 23.7 Å². The maximum atomic E-state index is 14.8. The Morgan fingerprint density at radius 1 is 1.19 bits per heavy atom. The summed E-state index contributed by atoms with van der Waals surface area (Å²) >= 11 is 0. The van der Waals surface area contributed by atoms with E-state index in [0.717, 1.165) is 61.2 Å². The lowest BCUT2D eigenvalue weighted by molar-refractivity contribution is -0.150. The Balaban J connectivity index is 1.28. The van der Waals surface area contributed by atoms with Crippen molar-refractivity contribution in [3.05, 3.63) is 81.7 Å². The molecule has 6 atom stereocenters. The van der Waals surface area contributed by atoms with Crippen molar-refractivity contribution in [1.29, 1.82) is 0 Å². The first-order valence-corrected chi connectivity index (χ1v) is 19.4. The molecule has 2 aliphatic heterocycles. The van der Waals surface area contributed by atoms with Crippen LogP contribution in [0.1, 0.15) is 98.9 Å². The molecule has 0 spiro atoms. The topological polar surface area (TPSA) is 141 Å². The maximum absolute atomic E-state index is 14.8. The molecular weight excluding hydrogens is 656 g/mol. The summed E-state index contributed by atoms with van der Waals surface area (Å²) in [5.41, 5.74) is 0.0777. The van der Waals surface area contributed by atoms with Crippen LogP contribution in [0.4, 0.5) is 0 Å². The van der Waals surface area contributed by atoms with Gasteiger partial charge >= 0.3 is 5.97 Å². The van der Waals surface area contributed by atoms with Crippen molar-refractivity contribution in [2.24, 2.45) is 23.7 Å².